The highest BCUT2D eigenvalue weighted by Crippen LogP contribution is 2.31. The van der Waals surface area contributed by atoms with Crippen LogP contribution in [0.2, 0.25) is 0 Å². The van der Waals surface area contributed by atoms with Crippen molar-refractivity contribution in [2.75, 3.05) is 7.11 Å². The fourth-order valence-electron chi connectivity index (χ4n) is 1.88. The van der Waals surface area contributed by atoms with Gasteiger partial charge in [0.25, 0.3) is 0 Å². The molecule has 0 aliphatic carbocycles. The number of carbonyl (C=O) groups excluding carboxylic acids is 1. The number of aromatic nitrogens is 3. The van der Waals surface area contributed by atoms with Gasteiger partial charge in [0.1, 0.15) is 12.1 Å². The number of hydrogen-bond acceptors (Lipinski definition) is 7. The van der Waals surface area contributed by atoms with E-state index < -0.39 is 5.78 Å². The fraction of sp³-hybridized carbons (Fsp3) is 0.0625. The quantitative estimate of drug-likeness (QED) is 0.402. The van der Waals surface area contributed by atoms with E-state index in [2.05, 4.69) is 15.2 Å². The zero-order valence-corrected chi connectivity index (χ0v) is 13.4. The van der Waals surface area contributed by atoms with E-state index in [4.69, 9.17) is 9.15 Å². The van der Waals surface area contributed by atoms with Crippen LogP contribution in [0.1, 0.15) is 16.4 Å². The largest absolute Gasteiger partial charge is 0.504 e. The average molecular weight is 343 g/mol. The van der Waals surface area contributed by atoms with Gasteiger partial charge in [-0.1, -0.05) is 17.8 Å². The molecule has 0 radical (unpaired) electrons. The minimum absolute atomic E-state index is 0.112. The second kappa shape index (κ2) is 7.05. The number of furan rings is 1. The molecule has 0 unspecified atom stereocenters. The number of nitrogens with zero attached hydrogens (tertiary/aromatic N) is 2. The van der Waals surface area contributed by atoms with Crippen molar-refractivity contribution < 1.29 is 19.1 Å². The van der Waals surface area contributed by atoms with Crippen LogP contribution < -0.4 is 4.74 Å². The van der Waals surface area contributed by atoms with Gasteiger partial charge in [0.2, 0.25) is 5.78 Å². The Kier molecular flexibility index (Phi) is 4.66. The van der Waals surface area contributed by atoms with E-state index in [1.54, 1.807) is 19.2 Å². The Morgan fingerprint density at radius 3 is 3.00 bits per heavy atom. The minimum atomic E-state index is -0.471. The third-order valence-electron chi connectivity index (χ3n) is 3.01. The Labute approximate surface area is 141 Å². The number of rotatable bonds is 6. The predicted octanol–water partition coefficient (Wildman–Crippen LogP) is 3.34. The van der Waals surface area contributed by atoms with E-state index in [1.165, 1.54) is 18.1 Å². The van der Waals surface area contributed by atoms with Gasteiger partial charge in [-0.05, 0) is 30.3 Å². The molecule has 2 heterocycles. The molecule has 24 heavy (non-hydrogen) atoms. The van der Waals surface area contributed by atoms with Crippen LogP contribution >= 0.6 is 11.8 Å². The van der Waals surface area contributed by atoms with Gasteiger partial charge in [-0.15, -0.1) is 0 Å². The first-order chi connectivity index (χ1) is 11.7. The highest BCUT2D eigenvalue weighted by Gasteiger charge is 2.13. The van der Waals surface area contributed by atoms with E-state index in [1.807, 2.05) is 24.3 Å². The van der Waals surface area contributed by atoms with Crippen LogP contribution in [0.25, 0.3) is 5.76 Å². The molecule has 0 atom stereocenters. The molecule has 0 bridgehead atoms. The molecular formula is C16H13N3O4S. The van der Waals surface area contributed by atoms with Gasteiger partial charge in [-0.25, -0.2) is 4.98 Å². The van der Waals surface area contributed by atoms with Crippen molar-refractivity contribution in [3.05, 3.63) is 60.4 Å². The van der Waals surface area contributed by atoms with Crippen LogP contribution in [-0.2, 0) is 0 Å². The lowest BCUT2D eigenvalue weighted by Gasteiger charge is -2.02. The number of nitrogens with one attached hydrogen (secondary N) is 1. The first-order valence-corrected chi connectivity index (χ1v) is 7.70. The van der Waals surface area contributed by atoms with E-state index in [-0.39, 0.29) is 17.3 Å². The molecule has 3 aromatic rings. The van der Waals surface area contributed by atoms with Crippen molar-refractivity contribution in [3.8, 4) is 5.75 Å². The van der Waals surface area contributed by atoms with Gasteiger partial charge in [0.15, 0.2) is 22.4 Å². The van der Waals surface area contributed by atoms with Gasteiger partial charge in [0, 0.05) is 11.0 Å². The second-order valence-electron chi connectivity index (χ2n) is 4.63. The highest BCUT2D eigenvalue weighted by molar-refractivity contribution is 7.99. The number of benzene rings is 1. The van der Waals surface area contributed by atoms with Crippen molar-refractivity contribution in [2.24, 2.45) is 0 Å². The van der Waals surface area contributed by atoms with Crippen LogP contribution in [-0.4, -0.2) is 33.2 Å². The number of hydrogen-bond donors (Lipinski definition) is 2. The lowest BCUT2D eigenvalue weighted by atomic mass is 10.2. The summed E-state index contributed by atoms with van der Waals surface area (Å²) in [6, 6.07) is 10.7. The van der Waals surface area contributed by atoms with Crippen LogP contribution in [0.3, 0.4) is 0 Å². The Bertz CT molecular complexity index is 871. The van der Waals surface area contributed by atoms with Crippen molar-refractivity contribution in [3.63, 3.8) is 0 Å². The van der Waals surface area contributed by atoms with Crippen LogP contribution in [0.4, 0.5) is 0 Å². The van der Waals surface area contributed by atoms with E-state index >= 15 is 0 Å². The molecule has 2 N–H and O–H groups in total. The van der Waals surface area contributed by atoms with Gasteiger partial charge < -0.3 is 14.3 Å². The monoisotopic (exact) mass is 343 g/mol. The molecule has 0 saturated heterocycles. The molecule has 2 aromatic heterocycles. The Hall–Kier alpha value is -3.00. The highest BCUT2D eigenvalue weighted by atomic mass is 32.2. The van der Waals surface area contributed by atoms with Gasteiger partial charge in [0.05, 0.1) is 7.11 Å². The topological polar surface area (TPSA) is 101 Å². The molecule has 7 nitrogen and oxygen atoms in total. The van der Waals surface area contributed by atoms with Crippen molar-refractivity contribution in [2.45, 2.75) is 9.99 Å². The van der Waals surface area contributed by atoms with Gasteiger partial charge in [-0.3, -0.25) is 9.89 Å². The number of ether oxygens (including phenoxy) is 1. The number of aliphatic hydroxyl groups is 1. The summed E-state index contributed by atoms with van der Waals surface area (Å²) in [5.41, 5.74) is 0. The Morgan fingerprint density at radius 2 is 2.25 bits per heavy atom. The number of allylic oxidation sites excluding steroid dienone is 1. The molecule has 8 heteroatoms. The minimum Gasteiger partial charge on any atom is -0.504 e. The van der Waals surface area contributed by atoms with Crippen LogP contribution in [0.15, 0.2) is 63.2 Å². The lowest BCUT2D eigenvalue weighted by Crippen LogP contribution is -1.95. The average Bonchev–Trinajstić information content (AvgIpc) is 3.26. The summed E-state index contributed by atoms with van der Waals surface area (Å²) < 4.78 is 10.7. The smallest absolute Gasteiger partial charge is 0.224 e. The maximum atomic E-state index is 12.1. The molecule has 0 aliphatic heterocycles. The molecule has 0 spiro atoms. The first-order valence-electron chi connectivity index (χ1n) is 6.88. The number of aliphatic hydroxyl groups excluding tert-OH is 1. The molecule has 3 rings (SSSR count). The molecule has 0 fully saturated rings. The third kappa shape index (κ3) is 3.66. The normalized spacial score (nSPS) is 11.5. The maximum absolute atomic E-state index is 12.1. The van der Waals surface area contributed by atoms with Crippen molar-refractivity contribution in [1.29, 1.82) is 0 Å². The molecule has 0 amide bonds. The summed E-state index contributed by atoms with van der Waals surface area (Å²) in [6.45, 7) is 0. The molecule has 1 aromatic carbocycles. The van der Waals surface area contributed by atoms with E-state index in [0.717, 1.165) is 16.7 Å². The van der Waals surface area contributed by atoms with E-state index in [0.29, 0.717) is 5.09 Å². The standard InChI is InChI=1S/C16H13N3O4S/c1-22-10-3-2-4-11(7-10)24-15-6-5-14(23-15)12(20)8-13(21)16-17-9-18-19-16/h2-9,21H,1H3,(H,17,18,19). The first kappa shape index (κ1) is 15.9. The summed E-state index contributed by atoms with van der Waals surface area (Å²) in [5, 5.41) is 16.4. The van der Waals surface area contributed by atoms with Crippen LogP contribution in [0, 0.1) is 0 Å². The SMILES string of the molecule is COc1cccc(Sc2ccc(C(=O)C=C(O)c3ncn[nH]3)o2)c1. The number of aromatic amines is 1. The fourth-order valence-corrected chi connectivity index (χ4v) is 2.70. The zero-order valence-electron chi connectivity index (χ0n) is 12.6. The Balaban J connectivity index is 1.73. The number of H-pyrrole nitrogens is 1. The molecule has 0 saturated carbocycles. The summed E-state index contributed by atoms with van der Waals surface area (Å²) >= 11 is 1.36. The summed E-state index contributed by atoms with van der Waals surface area (Å²) in [7, 11) is 1.60. The third-order valence-corrected chi connectivity index (χ3v) is 3.92. The summed E-state index contributed by atoms with van der Waals surface area (Å²) in [5.74, 6) is 0.187. The van der Waals surface area contributed by atoms with Crippen LogP contribution in [0.5, 0.6) is 5.75 Å². The van der Waals surface area contributed by atoms with E-state index in [9.17, 15) is 9.90 Å². The zero-order chi connectivity index (χ0) is 16.9. The number of carbonyl (C=O) groups is 1. The molecular weight excluding hydrogens is 330 g/mol. The van der Waals surface area contributed by atoms with Gasteiger partial charge >= 0.3 is 0 Å². The number of methoxy groups -OCH3 is 1. The maximum Gasteiger partial charge on any atom is 0.224 e. The molecule has 0 aliphatic rings. The predicted molar refractivity (Wildman–Crippen MR) is 87.1 cm³/mol. The van der Waals surface area contributed by atoms with Crippen molar-refractivity contribution in [1.82, 2.24) is 15.2 Å². The second-order valence-corrected chi connectivity index (χ2v) is 5.71. The lowest BCUT2D eigenvalue weighted by molar-refractivity contribution is 0.101. The van der Waals surface area contributed by atoms with Crippen molar-refractivity contribution >= 4 is 23.3 Å². The molecule has 122 valence electrons. The van der Waals surface area contributed by atoms with Gasteiger partial charge in [-0.2, -0.15) is 5.10 Å². The number of ketones is 1. The summed E-state index contributed by atoms with van der Waals surface area (Å²) in [4.78, 5) is 16.8. The Morgan fingerprint density at radius 1 is 1.38 bits per heavy atom. The summed E-state index contributed by atoms with van der Waals surface area (Å²) in [6.07, 6.45) is 2.26.